The summed E-state index contributed by atoms with van der Waals surface area (Å²) in [4.78, 5) is 0. The van der Waals surface area contributed by atoms with Crippen molar-refractivity contribution < 1.29 is 14.7 Å². The Hall–Kier alpha value is -2.40. The minimum Gasteiger partial charge on any atom is -0.497 e. The average molecular weight is 293 g/mol. The highest BCUT2D eigenvalue weighted by Crippen LogP contribution is 2.30. The highest BCUT2D eigenvalue weighted by atomic mass is 35.5. The van der Waals surface area contributed by atoms with E-state index in [1.807, 2.05) is 0 Å². The number of halogens is 1. The second-order valence-corrected chi connectivity index (χ2v) is 4.34. The van der Waals surface area contributed by atoms with Gasteiger partial charge < -0.3 is 20.4 Å². The summed E-state index contributed by atoms with van der Waals surface area (Å²) < 4.78 is 10.9. The lowest BCUT2D eigenvalue weighted by molar-refractivity contribution is 0.318. The van der Waals surface area contributed by atoms with Crippen molar-refractivity contribution in [1.82, 2.24) is 0 Å². The molecule has 20 heavy (non-hydrogen) atoms. The van der Waals surface area contributed by atoms with Crippen LogP contribution in [0.3, 0.4) is 0 Å². The number of rotatable bonds is 4. The van der Waals surface area contributed by atoms with Gasteiger partial charge >= 0.3 is 0 Å². The fraction of sp³-hybridized carbons (Fsp3) is 0.0714. The van der Waals surface area contributed by atoms with Crippen LogP contribution in [-0.2, 0) is 0 Å². The molecule has 0 fully saturated rings. The molecule has 0 radical (unpaired) electrons. The van der Waals surface area contributed by atoms with Crippen molar-refractivity contribution in [3.8, 4) is 17.2 Å². The Morgan fingerprint density at radius 3 is 2.40 bits per heavy atom. The minimum atomic E-state index is -0.0448. The molecule has 0 saturated heterocycles. The van der Waals surface area contributed by atoms with E-state index in [1.54, 1.807) is 49.6 Å². The molecule has 3 N–H and O–H groups in total. The molecule has 6 heteroatoms. The summed E-state index contributed by atoms with van der Waals surface area (Å²) in [5.74, 6) is 1.55. The average Bonchev–Trinajstić information content (AvgIpc) is 2.48. The van der Waals surface area contributed by atoms with E-state index in [1.165, 1.54) is 0 Å². The van der Waals surface area contributed by atoms with Crippen molar-refractivity contribution in [3.63, 3.8) is 0 Å². The molecular weight excluding hydrogens is 280 g/mol. The van der Waals surface area contributed by atoms with Crippen LogP contribution in [0.1, 0.15) is 5.56 Å². The van der Waals surface area contributed by atoms with Crippen LogP contribution in [0.15, 0.2) is 47.6 Å². The Morgan fingerprint density at radius 2 is 1.80 bits per heavy atom. The summed E-state index contributed by atoms with van der Waals surface area (Å²) in [6.07, 6.45) is 0. The number of benzene rings is 2. The monoisotopic (exact) mass is 292 g/mol. The summed E-state index contributed by atoms with van der Waals surface area (Å²) in [6, 6.07) is 11.9. The van der Waals surface area contributed by atoms with Gasteiger partial charge in [-0.05, 0) is 36.4 Å². The molecule has 0 amide bonds. The Balaban J connectivity index is 2.39. The number of ether oxygens (including phenoxy) is 2. The van der Waals surface area contributed by atoms with Crippen LogP contribution in [0.5, 0.6) is 17.2 Å². The molecular formula is C14H13ClN2O3. The van der Waals surface area contributed by atoms with Crippen LogP contribution in [0.2, 0.25) is 5.02 Å². The van der Waals surface area contributed by atoms with Crippen LogP contribution in [0.4, 0.5) is 0 Å². The van der Waals surface area contributed by atoms with Gasteiger partial charge in [0.05, 0.1) is 12.7 Å². The zero-order valence-corrected chi connectivity index (χ0v) is 11.5. The molecule has 0 aliphatic heterocycles. The topological polar surface area (TPSA) is 77.1 Å². The van der Waals surface area contributed by atoms with Crippen LogP contribution < -0.4 is 15.2 Å². The Morgan fingerprint density at radius 1 is 1.15 bits per heavy atom. The summed E-state index contributed by atoms with van der Waals surface area (Å²) in [5, 5.41) is 12.4. The first kappa shape index (κ1) is 14.0. The van der Waals surface area contributed by atoms with E-state index in [2.05, 4.69) is 5.16 Å². The van der Waals surface area contributed by atoms with Crippen molar-refractivity contribution in [2.24, 2.45) is 10.9 Å². The van der Waals surface area contributed by atoms with Crippen LogP contribution in [0.25, 0.3) is 0 Å². The number of hydrogen-bond acceptors (Lipinski definition) is 4. The minimum absolute atomic E-state index is 0.0448. The molecule has 0 aliphatic rings. The molecule has 0 heterocycles. The first-order valence-corrected chi connectivity index (χ1v) is 6.11. The largest absolute Gasteiger partial charge is 0.497 e. The van der Waals surface area contributed by atoms with Gasteiger partial charge in [-0.2, -0.15) is 0 Å². The number of hydrogen-bond donors (Lipinski definition) is 2. The maximum atomic E-state index is 8.80. The molecule has 0 unspecified atom stereocenters. The predicted octanol–water partition coefficient (Wildman–Crippen LogP) is 3.24. The first-order chi connectivity index (χ1) is 9.63. The number of nitrogens with zero attached hydrogens (tertiary/aromatic N) is 1. The van der Waals surface area contributed by atoms with E-state index in [0.29, 0.717) is 27.8 Å². The van der Waals surface area contributed by atoms with E-state index < -0.39 is 0 Å². The Labute approximate surface area is 121 Å². The van der Waals surface area contributed by atoms with E-state index in [-0.39, 0.29) is 5.84 Å². The lowest BCUT2D eigenvalue weighted by Crippen LogP contribution is -2.14. The number of amidine groups is 1. The van der Waals surface area contributed by atoms with Gasteiger partial charge in [-0.1, -0.05) is 16.8 Å². The lowest BCUT2D eigenvalue weighted by Gasteiger charge is -2.12. The third-order valence-electron chi connectivity index (χ3n) is 2.61. The molecule has 2 aromatic carbocycles. The van der Waals surface area contributed by atoms with E-state index in [0.717, 1.165) is 0 Å². The summed E-state index contributed by atoms with van der Waals surface area (Å²) in [5.41, 5.74) is 6.08. The Bertz CT molecular complexity index is 627. The van der Waals surface area contributed by atoms with Crippen molar-refractivity contribution >= 4 is 17.4 Å². The SMILES string of the molecule is COc1ccc(/C(N)=N/O)c(Oc2ccc(Cl)cc2)c1. The standard InChI is InChI=1S/C14H13ClN2O3/c1-19-11-6-7-12(14(16)17-18)13(8-11)20-10-4-2-9(15)3-5-10/h2-8,18H,1H3,(H2,16,17). The quantitative estimate of drug-likeness (QED) is 0.392. The molecule has 0 bridgehead atoms. The van der Waals surface area contributed by atoms with Crippen molar-refractivity contribution in [1.29, 1.82) is 0 Å². The highest BCUT2D eigenvalue weighted by molar-refractivity contribution is 6.30. The van der Waals surface area contributed by atoms with Crippen LogP contribution >= 0.6 is 11.6 Å². The van der Waals surface area contributed by atoms with Gasteiger partial charge in [0.1, 0.15) is 17.2 Å². The third kappa shape index (κ3) is 3.13. The second-order valence-electron chi connectivity index (χ2n) is 3.90. The van der Waals surface area contributed by atoms with E-state index in [4.69, 9.17) is 32.0 Å². The summed E-state index contributed by atoms with van der Waals surface area (Å²) in [7, 11) is 1.55. The number of oxime groups is 1. The van der Waals surface area contributed by atoms with E-state index in [9.17, 15) is 0 Å². The predicted molar refractivity (Wildman–Crippen MR) is 77.0 cm³/mol. The Kier molecular flexibility index (Phi) is 4.32. The number of nitrogens with two attached hydrogens (primary N) is 1. The van der Waals surface area contributed by atoms with Gasteiger partial charge in [-0.15, -0.1) is 0 Å². The molecule has 0 aliphatic carbocycles. The number of methoxy groups -OCH3 is 1. The molecule has 0 aromatic heterocycles. The normalized spacial score (nSPS) is 11.2. The molecule has 0 saturated carbocycles. The first-order valence-electron chi connectivity index (χ1n) is 5.73. The van der Waals surface area contributed by atoms with Gasteiger partial charge in [0, 0.05) is 11.1 Å². The summed E-state index contributed by atoms with van der Waals surface area (Å²) >= 11 is 5.82. The summed E-state index contributed by atoms with van der Waals surface area (Å²) in [6.45, 7) is 0. The molecule has 2 aromatic rings. The lowest BCUT2D eigenvalue weighted by atomic mass is 10.1. The van der Waals surface area contributed by atoms with Crippen molar-refractivity contribution in [3.05, 3.63) is 53.1 Å². The molecule has 2 rings (SSSR count). The van der Waals surface area contributed by atoms with Crippen molar-refractivity contribution in [2.45, 2.75) is 0 Å². The zero-order valence-electron chi connectivity index (χ0n) is 10.7. The zero-order chi connectivity index (χ0) is 14.5. The van der Waals surface area contributed by atoms with Gasteiger partial charge in [0.15, 0.2) is 5.84 Å². The fourth-order valence-electron chi connectivity index (χ4n) is 1.61. The molecule has 5 nitrogen and oxygen atoms in total. The maximum absolute atomic E-state index is 8.80. The molecule has 104 valence electrons. The molecule has 0 spiro atoms. The van der Waals surface area contributed by atoms with Crippen LogP contribution in [-0.4, -0.2) is 18.2 Å². The third-order valence-corrected chi connectivity index (χ3v) is 2.87. The molecule has 0 atom stereocenters. The smallest absolute Gasteiger partial charge is 0.173 e. The van der Waals surface area contributed by atoms with Crippen LogP contribution in [0, 0.1) is 0 Å². The van der Waals surface area contributed by atoms with Gasteiger partial charge in [0.25, 0.3) is 0 Å². The second kappa shape index (κ2) is 6.16. The fourth-order valence-corrected chi connectivity index (χ4v) is 1.74. The van der Waals surface area contributed by atoms with Gasteiger partial charge in [-0.3, -0.25) is 0 Å². The van der Waals surface area contributed by atoms with Crippen molar-refractivity contribution in [2.75, 3.05) is 7.11 Å². The van der Waals surface area contributed by atoms with Gasteiger partial charge in [-0.25, -0.2) is 0 Å². The van der Waals surface area contributed by atoms with Gasteiger partial charge in [0.2, 0.25) is 0 Å². The van der Waals surface area contributed by atoms with E-state index >= 15 is 0 Å². The maximum Gasteiger partial charge on any atom is 0.173 e. The highest BCUT2D eigenvalue weighted by Gasteiger charge is 2.11.